The van der Waals surface area contributed by atoms with Gasteiger partial charge in [0.15, 0.2) is 0 Å². The van der Waals surface area contributed by atoms with E-state index in [9.17, 15) is 9.59 Å². The fourth-order valence-corrected chi connectivity index (χ4v) is 5.87. The van der Waals surface area contributed by atoms with E-state index in [1.165, 1.54) is 0 Å². The van der Waals surface area contributed by atoms with Crippen molar-refractivity contribution in [3.8, 4) is 0 Å². The first-order chi connectivity index (χ1) is 21.7. The van der Waals surface area contributed by atoms with E-state index in [2.05, 4.69) is 16.0 Å². The van der Waals surface area contributed by atoms with E-state index < -0.39 is 0 Å². The van der Waals surface area contributed by atoms with E-state index in [-0.39, 0.29) is 11.9 Å². The van der Waals surface area contributed by atoms with Crippen LogP contribution in [-0.2, 0) is 47.5 Å². The molecule has 0 aromatic heterocycles. The molecule has 1 unspecified atom stereocenters. The van der Waals surface area contributed by atoms with Gasteiger partial charge in [0.25, 0.3) is 0 Å². The Morgan fingerprint density at radius 3 is 1.61 bits per heavy atom. The second kappa shape index (κ2) is 31.9. The van der Waals surface area contributed by atoms with Crippen molar-refractivity contribution in [2.45, 2.75) is 43.0 Å². The average molecular weight is 655 g/mol. The predicted molar refractivity (Wildman–Crippen MR) is 169 cm³/mol. The Labute approximate surface area is 267 Å². The summed E-state index contributed by atoms with van der Waals surface area (Å²) in [6.45, 7) is 9.07. The molecule has 0 radical (unpaired) electrons. The number of rotatable bonds is 34. The van der Waals surface area contributed by atoms with Gasteiger partial charge in [-0.2, -0.15) is 11.8 Å². The van der Waals surface area contributed by atoms with Crippen molar-refractivity contribution in [3.63, 3.8) is 0 Å². The van der Waals surface area contributed by atoms with Gasteiger partial charge < -0.3 is 59.6 Å². The van der Waals surface area contributed by atoms with Crippen LogP contribution >= 0.6 is 11.8 Å². The minimum Gasteiger partial charge on any atom is -0.378 e. The van der Waals surface area contributed by atoms with Gasteiger partial charge in [-0.15, -0.1) is 0 Å². The summed E-state index contributed by atoms with van der Waals surface area (Å²) in [6, 6.07) is 0.447. The largest absolute Gasteiger partial charge is 0.378 e. The molecule has 2 amide bonds. The minimum atomic E-state index is 0.0392. The van der Waals surface area contributed by atoms with Gasteiger partial charge >= 0.3 is 0 Å². The molecule has 0 aliphatic carbocycles. The zero-order valence-corrected chi connectivity index (χ0v) is 27.5. The van der Waals surface area contributed by atoms with Gasteiger partial charge in [0.2, 0.25) is 12.3 Å². The lowest BCUT2D eigenvalue weighted by Gasteiger charge is -2.22. The summed E-state index contributed by atoms with van der Waals surface area (Å²) < 4.78 is 43.3. The Bertz CT molecular complexity index is 659. The van der Waals surface area contributed by atoms with Crippen molar-refractivity contribution in [3.05, 3.63) is 0 Å². The van der Waals surface area contributed by atoms with Crippen LogP contribution in [0.3, 0.4) is 0 Å². The average Bonchev–Trinajstić information content (AvgIpc) is 3.42. The molecule has 260 valence electrons. The van der Waals surface area contributed by atoms with Gasteiger partial charge in [0, 0.05) is 36.6 Å². The van der Waals surface area contributed by atoms with Crippen LogP contribution in [0, 0.1) is 0 Å². The van der Waals surface area contributed by atoms with Crippen molar-refractivity contribution in [1.29, 1.82) is 0 Å². The van der Waals surface area contributed by atoms with E-state index in [4.69, 9.17) is 43.6 Å². The quantitative estimate of drug-likeness (QED) is 0.0522. The topological polar surface area (TPSA) is 170 Å². The van der Waals surface area contributed by atoms with Crippen molar-refractivity contribution < 1.29 is 47.5 Å². The number of carbonyl (C=O) groups is 2. The molecule has 0 aromatic carbocycles. The fraction of sp³-hybridized carbons (Fsp3) is 0.931. The highest BCUT2D eigenvalue weighted by molar-refractivity contribution is 8.00. The summed E-state index contributed by atoms with van der Waals surface area (Å²) >= 11 is 1.88. The molecule has 3 atom stereocenters. The van der Waals surface area contributed by atoms with E-state index in [1.807, 2.05) is 18.8 Å². The minimum absolute atomic E-state index is 0.0392. The highest BCUT2D eigenvalue weighted by Crippen LogP contribution is 2.31. The van der Waals surface area contributed by atoms with Gasteiger partial charge in [0.1, 0.15) is 0 Å². The Morgan fingerprint density at radius 1 is 0.727 bits per heavy atom. The summed E-state index contributed by atoms with van der Waals surface area (Å²) in [6.07, 6.45) is 4.06. The Morgan fingerprint density at radius 2 is 1.18 bits per heavy atom. The van der Waals surface area contributed by atoms with Crippen LogP contribution in [0.1, 0.15) is 25.7 Å². The van der Waals surface area contributed by atoms with Gasteiger partial charge in [0.05, 0.1) is 112 Å². The van der Waals surface area contributed by atoms with E-state index in [0.29, 0.717) is 137 Å². The van der Waals surface area contributed by atoms with E-state index in [1.54, 1.807) is 0 Å². The fourth-order valence-electron chi connectivity index (χ4n) is 4.23. The molecule has 1 aliphatic heterocycles. The summed E-state index contributed by atoms with van der Waals surface area (Å²) in [5.74, 6) is 1.03. The van der Waals surface area contributed by atoms with Crippen LogP contribution < -0.4 is 21.7 Å². The number of nitrogens with two attached hydrogens (primary N) is 1. The number of likely N-dealkylation sites (N-methyl/N-ethyl adjacent to an activating group) is 1. The first-order valence-corrected chi connectivity index (χ1v) is 16.8. The summed E-state index contributed by atoms with van der Waals surface area (Å²) in [5, 5.41) is 9.48. The molecule has 1 aliphatic rings. The van der Waals surface area contributed by atoms with Gasteiger partial charge in [-0.3, -0.25) is 9.59 Å². The van der Waals surface area contributed by atoms with Crippen molar-refractivity contribution in [2.24, 2.45) is 5.73 Å². The van der Waals surface area contributed by atoms with Crippen molar-refractivity contribution in [1.82, 2.24) is 16.0 Å². The van der Waals surface area contributed by atoms with E-state index in [0.717, 1.165) is 31.4 Å². The van der Waals surface area contributed by atoms with E-state index >= 15 is 0 Å². The third-order valence-electron chi connectivity index (χ3n) is 6.53. The SMILES string of the molecule is CN[C@H]1CSC(CCCCC(=O)NCCOCCOCCOCCOCCOCCOCCOCCOCCN)[C@H]1NC=O. The maximum atomic E-state index is 12.0. The molecular formula is C29H58N4O10S. The third-order valence-corrected chi connectivity index (χ3v) is 8.04. The van der Waals surface area contributed by atoms with Crippen LogP contribution in [0.4, 0.5) is 0 Å². The van der Waals surface area contributed by atoms with Crippen molar-refractivity contribution >= 4 is 24.1 Å². The number of nitrogens with one attached hydrogen (secondary N) is 3. The second-order valence-corrected chi connectivity index (χ2v) is 11.1. The van der Waals surface area contributed by atoms with Gasteiger partial charge in [-0.05, 0) is 19.9 Å². The maximum absolute atomic E-state index is 12.0. The lowest BCUT2D eigenvalue weighted by atomic mass is 10.0. The van der Waals surface area contributed by atoms with Gasteiger partial charge in [-0.25, -0.2) is 0 Å². The van der Waals surface area contributed by atoms with Crippen LogP contribution in [0.25, 0.3) is 0 Å². The molecule has 5 N–H and O–H groups in total. The molecule has 1 fully saturated rings. The number of thioether (sulfide) groups is 1. The zero-order chi connectivity index (χ0) is 31.8. The Balaban J connectivity index is 1.73. The van der Waals surface area contributed by atoms with Crippen LogP contribution in [0.5, 0.6) is 0 Å². The molecule has 0 aromatic rings. The lowest BCUT2D eigenvalue weighted by Crippen LogP contribution is -2.48. The van der Waals surface area contributed by atoms with Crippen molar-refractivity contribution in [2.75, 3.05) is 132 Å². The third kappa shape index (κ3) is 24.2. The maximum Gasteiger partial charge on any atom is 0.220 e. The van der Waals surface area contributed by atoms with Crippen LogP contribution in [-0.4, -0.2) is 161 Å². The molecule has 1 heterocycles. The zero-order valence-electron chi connectivity index (χ0n) is 26.6. The molecule has 0 bridgehead atoms. The summed E-state index contributed by atoms with van der Waals surface area (Å²) in [5.41, 5.74) is 5.33. The van der Waals surface area contributed by atoms with Gasteiger partial charge in [-0.1, -0.05) is 6.42 Å². The lowest BCUT2D eigenvalue weighted by molar-refractivity contribution is -0.121. The number of hydrogen-bond acceptors (Lipinski definition) is 13. The number of ether oxygens (including phenoxy) is 8. The predicted octanol–water partition coefficient (Wildman–Crippen LogP) is -0.427. The molecule has 15 heteroatoms. The highest BCUT2D eigenvalue weighted by atomic mass is 32.2. The van der Waals surface area contributed by atoms with Crippen LogP contribution in [0.15, 0.2) is 0 Å². The number of hydrogen-bond donors (Lipinski definition) is 4. The molecule has 1 saturated heterocycles. The molecule has 14 nitrogen and oxygen atoms in total. The number of unbranched alkanes of at least 4 members (excludes halogenated alkanes) is 1. The van der Waals surface area contributed by atoms with Crippen LogP contribution in [0.2, 0.25) is 0 Å². The number of carbonyl (C=O) groups excluding carboxylic acids is 2. The first-order valence-electron chi connectivity index (χ1n) is 15.8. The normalized spacial score (nSPS) is 18.1. The monoisotopic (exact) mass is 654 g/mol. The second-order valence-electron chi connectivity index (χ2n) is 9.86. The summed E-state index contributed by atoms with van der Waals surface area (Å²) in [7, 11) is 1.92. The highest BCUT2D eigenvalue weighted by Gasteiger charge is 2.35. The smallest absolute Gasteiger partial charge is 0.220 e. The standard InChI is InChI=1S/C29H58N4O10S/c1-31-26-24-44-27(29(26)33-25-34)4-2-3-5-28(35)32-7-9-37-11-13-39-15-17-41-19-21-43-23-22-42-20-18-40-16-14-38-12-10-36-8-6-30/h25-27,29,31H,2-24,30H2,1H3,(H,32,35)(H,33,34)/t26-,27?,29-/m0/s1. The summed E-state index contributed by atoms with van der Waals surface area (Å²) in [4.78, 5) is 22.9. The number of amides is 2. The molecule has 0 saturated carbocycles. The first kappa shape index (κ1) is 40.9. The molecular weight excluding hydrogens is 596 g/mol. The molecule has 1 rings (SSSR count). The Hall–Kier alpha value is -1.11. The Kier molecular flexibility index (Phi) is 29.6. The molecule has 44 heavy (non-hydrogen) atoms. The molecule has 0 spiro atoms.